The molecule has 4 heteroatoms. The highest BCUT2D eigenvalue weighted by Crippen LogP contribution is 2.32. The second-order valence-corrected chi connectivity index (χ2v) is 5.72. The molecule has 0 spiro atoms. The van der Waals surface area contributed by atoms with Crippen LogP contribution in [0.5, 0.6) is 11.6 Å². The second-order valence-electron chi connectivity index (χ2n) is 5.36. The van der Waals surface area contributed by atoms with Crippen molar-refractivity contribution in [2.75, 3.05) is 0 Å². The van der Waals surface area contributed by atoms with Gasteiger partial charge in [-0.2, -0.15) is 0 Å². The monoisotopic (exact) mass is 290 g/mol. The Kier molecular flexibility index (Phi) is 4.61. The Morgan fingerprint density at radius 2 is 1.60 bits per heavy atom. The third kappa shape index (κ3) is 3.28. The van der Waals surface area contributed by atoms with Crippen LogP contribution in [0.15, 0.2) is 30.6 Å². The zero-order chi connectivity index (χ0) is 14.7. The molecule has 1 heterocycles. The molecule has 2 rings (SSSR count). The van der Waals surface area contributed by atoms with Gasteiger partial charge in [-0.3, -0.25) is 0 Å². The van der Waals surface area contributed by atoms with Crippen LogP contribution in [0.4, 0.5) is 0 Å². The Labute approximate surface area is 125 Å². The van der Waals surface area contributed by atoms with Crippen molar-refractivity contribution >= 4 is 11.6 Å². The number of aromatic nitrogens is 2. The van der Waals surface area contributed by atoms with Gasteiger partial charge in [0.15, 0.2) is 0 Å². The third-order valence-corrected chi connectivity index (χ3v) is 3.44. The molecular weight excluding hydrogens is 272 g/mol. The van der Waals surface area contributed by atoms with E-state index in [-0.39, 0.29) is 5.92 Å². The lowest BCUT2D eigenvalue weighted by Crippen LogP contribution is -1.99. The summed E-state index contributed by atoms with van der Waals surface area (Å²) in [5.41, 5.74) is 2.12. The van der Waals surface area contributed by atoms with Crippen molar-refractivity contribution in [2.45, 2.75) is 39.5 Å². The molecule has 0 radical (unpaired) electrons. The van der Waals surface area contributed by atoms with Crippen LogP contribution in [0.1, 0.15) is 50.7 Å². The Hall–Kier alpha value is -1.61. The quantitative estimate of drug-likeness (QED) is 0.729. The normalized spacial score (nSPS) is 11.2. The summed E-state index contributed by atoms with van der Waals surface area (Å²) in [5.74, 6) is 1.99. The highest BCUT2D eigenvalue weighted by atomic mass is 35.5. The third-order valence-electron chi connectivity index (χ3n) is 3.14. The van der Waals surface area contributed by atoms with Gasteiger partial charge in [0.2, 0.25) is 5.88 Å². The zero-order valence-corrected chi connectivity index (χ0v) is 13.0. The lowest BCUT2D eigenvalue weighted by Gasteiger charge is -2.13. The first-order chi connectivity index (χ1) is 9.49. The summed E-state index contributed by atoms with van der Waals surface area (Å²) in [7, 11) is 0. The number of hydrogen-bond donors (Lipinski definition) is 0. The van der Waals surface area contributed by atoms with E-state index in [1.807, 2.05) is 26.0 Å². The lowest BCUT2D eigenvalue weighted by atomic mass is 10.0. The smallest absolute Gasteiger partial charge is 0.227 e. The zero-order valence-electron chi connectivity index (χ0n) is 12.2. The summed E-state index contributed by atoms with van der Waals surface area (Å²) in [4.78, 5) is 8.21. The number of benzene rings is 1. The molecule has 2 aromatic rings. The minimum atomic E-state index is 0.202. The maximum atomic E-state index is 6.13. The number of hydrogen-bond acceptors (Lipinski definition) is 3. The molecule has 0 atom stereocenters. The van der Waals surface area contributed by atoms with E-state index in [1.54, 1.807) is 0 Å². The standard InChI is InChI=1S/C16H19ClN2O/c1-10(2)12-5-7-13(8-6-12)20-16-14(11(3)4)15(17)18-9-19-16/h5-11H,1-4H3. The van der Waals surface area contributed by atoms with Gasteiger partial charge in [-0.1, -0.05) is 51.4 Å². The van der Waals surface area contributed by atoms with E-state index in [0.29, 0.717) is 17.0 Å². The average Bonchev–Trinajstić information content (AvgIpc) is 2.39. The lowest BCUT2D eigenvalue weighted by molar-refractivity contribution is 0.451. The van der Waals surface area contributed by atoms with Crippen molar-refractivity contribution in [1.82, 2.24) is 9.97 Å². The number of halogens is 1. The van der Waals surface area contributed by atoms with Crippen molar-refractivity contribution in [3.05, 3.63) is 46.9 Å². The fraction of sp³-hybridized carbons (Fsp3) is 0.375. The van der Waals surface area contributed by atoms with Gasteiger partial charge in [-0.15, -0.1) is 0 Å². The fourth-order valence-corrected chi connectivity index (χ4v) is 2.30. The van der Waals surface area contributed by atoms with Crippen LogP contribution in [0.2, 0.25) is 5.15 Å². The van der Waals surface area contributed by atoms with Crippen LogP contribution in [-0.4, -0.2) is 9.97 Å². The summed E-state index contributed by atoms with van der Waals surface area (Å²) in [6.45, 7) is 8.41. The number of ether oxygens (including phenoxy) is 1. The van der Waals surface area contributed by atoms with Gasteiger partial charge in [0.25, 0.3) is 0 Å². The largest absolute Gasteiger partial charge is 0.439 e. The summed E-state index contributed by atoms with van der Waals surface area (Å²) >= 11 is 6.13. The highest BCUT2D eigenvalue weighted by Gasteiger charge is 2.15. The molecule has 0 saturated carbocycles. The van der Waals surface area contributed by atoms with E-state index in [9.17, 15) is 0 Å². The number of nitrogens with zero attached hydrogens (tertiary/aromatic N) is 2. The van der Waals surface area contributed by atoms with E-state index in [1.165, 1.54) is 11.9 Å². The summed E-state index contributed by atoms with van der Waals surface area (Å²) in [6, 6.07) is 8.04. The van der Waals surface area contributed by atoms with E-state index in [2.05, 4.69) is 35.9 Å². The molecule has 1 aromatic heterocycles. The molecule has 0 aliphatic carbocycles. The first-order valence-corrected chi connectivity index (χ1v) is 7.15. The molecule has 0 bridgehead atoms. The first-order valence-electron chi connectivity index (χ1n) is 6.77. The fourth-order valence-electron chi connectivity index (χ4n) is 1.96. The van der Waals surface area contributed by atoms with Gasteiger partial charge >= 0.3 is 0 Å². The number of rotatable bonds is 4. The molecule has 0 amide bonds. The Balaban J connectivity index is 2.28. The first kappa shape index (κ1) is 14.8. The van der Waals surface area contributed by atoms with Crippen LogP contribution in [-0.2, 0) is 0 Å². The maximum Gasteiger partial charge on any atom is 0.227 e. The summed E-state index contributed by atoms with van der Waals surface area (Å²) < 4.78 is 5.85. The Bertz CT molecular complexity index is 580. The van der Waals surface area contributed by atoms with Crippen LogP contribution in [0.25, 0.3) is 0 Å². The molecule has 0 aliphatic rings. The van der Waals surface area contributed by atoms with Crippen molar-refractivity contribution in [3.8, 4) is 11.6 Å². The SMILES string of the molecule is CC(C)c1ccc(Oc2ncnc(Cl)c2C(C)C)cc1. The summed E-state index contributed by atoms with van der Waals surface area (Å²) in [5, 5.41) is 0.448. The van der Waals surface area contributed by atoms with Crippen LogP contribution in [0, 0.1) is 0 Å². The Morgan fingerprint density at radius 1 is 0.950 bits per heavy atom. The minimum Gasteiger partial charge on any atom is -0.439 e. The minimum absolute atomic E-state index is 0.202. The van der Waals surface area contributed by atoms with E-state index < -0.39 is 0 Å². The summed E-state index contributed by atoms with van der Waals surface area (Å²) in [6.07, 6.45) is 1.42. The van der Waals surface area contributed by atoms with Crippen LogP contribution < -0.4 is 4.74 Å². The van der Waals surface area contributed by atoms with Crippen LogP contribution >= 0.6 is 11.6 Å². The van der Waals surface area contributed by atoms with E-state index in [0.717, 1.165) is 11.3 Å². The van der Waals surface area contributed by atoms with E-state index in [4.69, 9.17) is 16.3 Å². The maximum absolute atomic E-state index is 6.13. The molecule has 3 nitrogen and oxygen atoms in total. The van der Waals surface area contributed by atoms with Crippen molar-refractivity contribution in [3.63, 3.8) is 0 Å². The van der Waals surface area contributed by atoms with Crippen LogP contribution in [0.3, 0.4) is 0 Å². The molecule has 0 aliphatic heterocycles. The van der Waals surface area contributed by atoms with Gasteiger partial charge in [0.1, 0.15) is 17.2 Å². The molecule has 0 unspecified atom stereocenters. The topological polar surface area (TPSA) is 35.0 Å². The average molecular weight is 291 g/mol. The van der Waals surface area contributed by atoms with Gasteiger partial charge in [0.05, 0.1) is 5.56 Å². The van der Waals surface area contributed by atoms with Gasteiger partial charge < -0.3 is 4.74 Å². The van der Waals surface area contributed by atoms with Crippen molar-refractivity contribution in [2.24, 2.45) is 0 Å². The molecule has 20 heavy (non-hydrogen) atoms. The van der Waals surface area contributed by atoms with Crippen molar-refractivity contribution in [1.29, 1.82) is 0 Å². The predicted molar refractivity (Wildman–Crippen MR) is 81.7 cm³/mol. The van der Waals surface area contributed by atoms with Gasteiger partial charge in [-0.25, -0.2) is 9.97 Å². The van der Waals surface area contributed by atoms with Gasteiger partial charge in [-0.05, 0) is 29.5 Å². The molecule has 0 fully saturated rings. The molecular formula is C16H19ClN2O. The Morgan fingerprint density at radius 3 is 2.15 bits per heavy atom. The highest BCUT2D eigenvalue weighted by molar-refractivity contribution is 6.30. The molecule has 0 saturated heterocycles. The molecule has 0 N–H and O–H groups in total. The second kappa shape index (κ2) is 6.23. The van der Waals surface area contributed by atoms with Gasteiger partial charge in [0, 0.05) is 0 Å². The predicted octanol–water partition coefficient (Wildman–Crippen LogP) is 5.17. The molecule has 106 valence electrons. The van der Waals surface area contributed by atoms with E-state index >= 15 is 0 Å². The molecule has 1 aromatic carbocycles. The van der Waals surface area contributed by atoms with Crippen molar-refractivity contribution < 1.29 is 4.74 Å².